The van der Waals surface area contributed by atoms with Gasteiger partial charge in [0.15, 0.2) is 17.3 Å². The molecule has 1 amide bonds. The fraction of sp³-hybridized carbons (Fsp3) is 0.360. The zero-order valence-corrected chi connectivity index (χ0v) is 18.9. The number of amides is 1. The maximum Gasteiger partial charge on any atom is 0.251 e. The van der Waals surface area contributed by atoms with Gasteiger partial charge in [0.05, 0.1) is 18.9 Å². The lowest BCUT2D eigenvalue weighted by molar-refractivity contribution is 0.0932. The molecular weight excluding hydrogens is 423 g/mol. The van der Waals surface area contributed by atoms with Crippen molar-refractivity contribution in [3.8, 4) is 22.8 Å². The highest BCUT2D eigenvalue weighted by Crippen LogP contribution is 2.29. The topological polar surface area (TPSA) is 79.5 Å². The number of rotatable bonds is 8. The Kier molecular flexibility index (Phi) is 7.12. The number of aromatic amines is 1. The Balaban J connectivity index is 1.41. The Morgan fingerprint density at radius 1 is 1.12 bits per heavy atom. The summed E-state index contributed by atoms with van der Waals surface area (Å²) in [6.07, 6.45) is 1.84. The maximum atomic E-state index is 13.2. The molecule has 4 rings (SSSR count). The van der Waals surface area contributed by atoms with Crippen molar-refractivity contribution >= 4 is 11.7 Å². The SMILES string of the molecule is CCOc1ccc(C(=O)N[C@H]2CCCN(c3cc(-c4ccc(F)cc4)[nH]n3)C2)cc1OCC. The quantitative estimate of drug-likeness (QED) is 0.529. The van der Waals surface area contributed by atoms with Crippen LogP contribution in [-0.2, 0) is 0 Å². The second kappa shape index (κ2) is 10.4. The van der Waals surface area contributed by atoms with Crippen molar-refractivity contribution in [2.24, 2.45) is 0 Å². The number of carbonyl (C=O) groups excluding carboxylic acids is 1. The molecule has 1 fully saturated rings. The van der Waals surface area contributed by atoms with Crippen molar-refractivity contribution in [1.82, 2.24) is 15.5 Å². The molecule has 0 radical (unpaired) electrons. The highest BCUT2D eigenvalue weighted by atomic mass is 19.1. The minimum Gasteiger partial charge on any atom is -0.490 e. The average molecular weight is 453 g/mol. The van der Waals surface area contributed by atoms with Crippen molar-refractivity contribution in [2.75, 3.05) is 31.2 Å². The molecule has 0 bridgehead atoms. The van der Waals surface area contributed by atoms with E-state index in [0.717, 1.165) is 36.5 Å². The molecule has 2 aromatic carbocycles. The molecule has 1 aliphatic rings. The van der Waals surface area contributed by atoms with Crippen LogP contribution in [0, 0.1) is 5.82 Å². The number of nitrogens with one attached hydrogen (secondary N) is 2. The fourth-order valence-corrected chi connectivity index (χ4v) is 4.01. The molecule has 1 aliphatic heterocycles. The third-order valence-electron chi connectivity index (χ3n) is 5.61. The first kappa shape index (κ1) is 22.6. The van der Waals surface area contributed by atoms with Crippen LogP contribution in [0.2, 0.25) is 0 Å². The summed E-state index contributed by atoms with van der Waals surface area (Å²) in [7, 11) is 0. The van der Waals surface area contributed by atoms with Crippen LogP contribution in [0.3, 0.4) is 0 Å². The van der Waals surface area contributed by atoms with E-state index in [2.05, 4.69) is 20.4 Å². The molecule has 1 aromatic heterocycles. The van der Waals surface area contributed by atoms with Gasteiger partial charge in [-0.1, -0.05) is 0 Å². The van der Waals surface area contributed by atoms with E-state index in [4.69, 9.17) is 9.47 Å². The van der Waals surface area contributed by atoms with E-state index in [1.807, 2.05) is 19.9 Å². The first-order valence-electron chi connectivity index (χ1n) is 11.3. The summed E-state index contributed by atoms with van der Waals surface area (Å²) in [5.74, 6) is 1.61. The van der Waals surface area contributed by atoms with E-state index in [1.54, 1.807) is 30.3 Å². The van der Waals surface area contributed by atoms with Crippen molar-refractivity contribution in [2.45, 2.75) is 32.7 Å². The van der Waals surface area contributed by atoms with Gasteiger partial charge in [-0.15, -0.1) is 0 Å². The zero-order valence-electron chi connectivity index (χ0n) is 18.9. The van der Waals surface area contributed by atoms with Gasteiger partial charge in [-0.2, -0.15) is 5.10 Å². The summed E-state index contributed by atoms with van der Waals surface area (Å²) in [5.41, 5.74) is 2.24. The van der Waals surface area contributed by atoms with Crippen molar-refractivity contribution < 1.29 is 18.7 Å². The summed E-state index contributed by atoms with van der Waals surface area (Å²) in [5, 5.41) is 10.6. The molecule has 2 N–H and O–H groups in total. The molecule has 33 heavy (non-hydrogen) atoms. The summed E-state index contributed by atoms with van der Waals surface area (Å²) in [4.78, 5) is 15.1. The van der Waals surface area contributed by atoms with E-state index in [1.165, 1.54) is 12.1 Å². The van der Waals surface area contributed by atoms with Crippen LogP contribution in [0.4, 0.5) is 10.2 Å². The van der Waals surface area contributed by atoms with Gasteiger partial charge < -0.3 is 19.7 Å². The Morgan fingerprint density at radius 3 is 2.64 bits per heavy atom. The molecule has 8 heteroatoms. The monoisotopic (exact) mass is 452 g/mol. The number of benzene rings is 2. The number of H-pyrrole nitrogens is 1. The van der Waals surface area contributed by atoms with Crippen LogP contribution in [-0.4, -0.2) is 48.4 Å². The van der Waals surface area contributed by atoms with Gasteiger partial charge >= 0.3 is 0 Å². The van der Waals surface area contributed by atoms with Gasteiger partial charge in [-0.05, 0) is 74.7 Å². The van der Waals surface area contributed by atoms with E-state index >= 15 is 0 Å². The van der Waals surface area contributed by atoms with Crippen LogP contribution >= 0.6 is 0 Å². The summed E-state index contributed by atoms with van der Waals surface area (Å²) < 4.78 is 24.4. The van der Waals surface area contributed by atoms with Crippen molar-refractivity contribution in [1.29, 1.82) is 0 Å². The second-order valence-electron chi connectivity index (χ2n) is 7.93. The predicted octanol–water partition coefficient (Wildman–Crippen LogP) is 4.41. The highest BCUT2D eigenvalue weighted by Gasteiger charge is 2.24. The molecule has 2 heterocycles. The Labute approximate surface area is 192 Å². The Bertz CT molecular complexity index is 1080. The molecule has 3 aromatic rings. The first-order valence-corrected chi connectivity index (χ1v) is 11.3. The standard InChI is InChI=1S/C25H29FN4O3/c1-3-32-22-12-9-18(14-23(22)33-4-2)25(31)27-20-6-5-13-30(16-20)24-15-21(28-29-24)17-7-10-19(26)11-8-17/h7-12,14-15,20H,3-6,13,16H2,1-2H3,(H,27,31)(H,28,29)/t20-/m0/s1. The Hall–Kier alpha value is -3.55. The van der Waals surface area contributed by atoms with Crippen LogP contribution < -0.4 is 19.7 Å². The number of piperidine rings is 1. The molecule has 0 unspecified atom stereocenters. The normalized spacial score (nSPS) is 15.8. The molecule has 1 atom stereocenters. The van der Waals surface area contributed by atoms with Crippen LogP contribution in [0.25, 0.3) is 11.3 Å². The lowest BCUT2D eigenvalue weighted by atomic mass is 10.0. The molecule has 7 nitrogen and oxygen atoms in total. The Morgan fingerprint density at radius 2 is 1.88 bits per heavy atom. The summed E-state index contributed by atoms with van der Waals surface area (Å²) >= 11 is 0. The maximum absolute atomic E-state index is 13.2. The summed E-state index contributed by atoms with van der Waals surface area (Å²) in [6, 6.07) is 13.5. The number of ether oxygens (including phenoxy) is 2. The molecule has 0 aliphatic carbocycles. The van der Waals surface area contributed by atoms with Crippen LogP contribution in [0.5, 0.6) is 11.5 Å². The third-order valence-corrected chi connectivity index (χ3v) is 5.61. The minimum atomic E-state index is -0.269. The number of halogens is 1. The summed E-state index contributed by atoms with van der Waals surface area (Å²) in [6.45, 7) is 6.35. The van der Waals surface area contributed by atoms with Gasteiger partial charge in [0.2, 0.25) is 0 Å². The third kappa shape index (κ3) is 5.45. The van der Waals surface area contributed by atoms with Gasteiger partial charge in [0.1, 0.15) is 5.82 Å². The van der Waals surface area contributed by atoms with Crippen LogP contribution in [0.1, 0.15) is 37.0 Å². The molecule has 0 saturated carbocycles. The number of anilines is 1. The van der Waals surface area contributed by atoms with E-state index in [0.29, 0.717) is 36.8 Å². The lowest BCUT2D eigenvalue weighted by Gasteiger charge is -2.33. The van der Waals surface area contributed by atoms with Gasteiger partial charge in [0.25, 0.3) is 5.91 Å². The lowest BCUT2D eigenvalue weighted by Crippen LogP contribution is -2.48. The van der Waals surface area contributed by atoms with E-state index < -0.39 is 0 Å². The van der Waals surface area contributed by atoms with Crippen molar-refractivity contribution in [3.05, 3.63) is 59.9 Å². The molecular formula is C25H29FN4O3. The number of carbonyl (C=O) groups is 1. The minimum absolute atomic E-state index is 0.000618. The average Bonchev–Trinajstić information content (AvgIpc) is 3.31. The number of hydrogen-bond acceptors (Lipinski definition) is 5. The van der Waals surface area contributed by atoms with Gasteiger partial charge in [0, 0.05) is 30.8 Å². The predicted molar refractivity (Wildman–Crippen MR) is 125 cm³/mol. The zero-order chi connectivity index (χ0) is 23.2. The largest absolute Gasteiger partial charge is 0.490 e. The van der Waals surface area contributed by atoms with Gasteiger partial charge in [-0.25, -0.2) is 4.39 Å². The van der Waals surface area contributed by atoms with E-state index in [9.17, 15) is 9.18 Å². The second-order valence-corrected chi connectivity index (χ2v) is 7.93. The van der Waals surface area contributed by atoms with Gasteiger partial charge in [-0.3, -0.25) is 9.89 Å². The fourth-order valence-electron chi connectivity index (χ4n) is 4.01. The molecule has 0 spiro atoms. The molecule has 1 saturated heterocycles. The van der Waals surface area contributed by atoms with Crippen molar-refractivity contribution in [3.63, 3.8) is 0 Å². The molecule has 174 valence electrons. The van der Waals surface area contributed by atoms with E-state index in [-0.39, 0.29) is 17.8 Å². The highest BCUT2D eigenvalue weighted by molar-refractivity contribution is 5.95. The number of hydrogen-bond donors (Lipinski definition) is 2. The number of aromatic nitrogens is 2. The smallest absolute Gasteiger partial charge is 0.251 e. The number of nitrogens with zero attached hydrogens (tertiary/aromatic N) is 2. The first-order chi connectivity index (χ1) is 16.1. The van der Waals surface area contributed by atoms with Crippen LogP contribution in [0.15, 0.2) is 48.5 Å².